The number of rotatable bonds is 5. The molecular formula is C45H32F2N2O2. The van der Waals surface area contributed by atoms with Crippen LogP contribution in [0, 0.1) is 11.6 Å². The van der Waals surface area contributed by atoms with E-state index in [2.05, 4.69) is 54.0 Å². The molecule has 4 nitrogen and oxygen atoms in total. The Morgan fingerprint density at radius 3 is 1.06 bits per heavy atom. The third-order valence-corrected chi connectivity index (χ3v) is 9.51. The van der Waals surface area contributed by atoms with Gasteiger partial charge < -0.3 is 19.3 Å². The van der Waals surface area contributed by atoms with Gasteiger partial charge in [-0.15, -0.1) is 0 Å². The summed E-state index contributed by atoms with van der Waals surface area (Å²) in [7, 11) is 0. The summed E-state index contributed by atoms with van der Waals surface area (Å²) in [5, 5.41) is 0. The van der Waals surface area contributed by atoms with Crippen molar-refractivity contribution in [2.75, 3.05) is 9.80 Å². The second-order valence-corrected chi connectivity index (χ2v) is 13.0. The molecule has 0 fully saturated rings. The topological polar surface area (TPSA) is 24.9 Å². The highest BCUT2D eigenvalue weighted by atomic mass is 19.1. The lowest BCUT2D eigenvalue weighted by molar-refractivity contribution is 0.476. The molecule has 0 atom stereocenters. The van der Waals surface area contributed by atoms with E-state index in [0.29, 0.717) is 0 Å². The zero-order valence-electron chi connectivity index (χ0n) is 28.0. The Hall–Kier alpha value is -6.40. The number of para-hydroxylation sites is 8. The summed E-state index contributed by atoms with van der Waals surface area (Å²) >= 11 is 0. The number of fused-ring (bicyclic) bond motifs is 4. The van der Waals surface area contributed by atoms with Crippen LogP contribution in [0.4, 0.5) is 42.9 Å². The van der Waals surface area contributed by atoms with Crippen LogP contribution in [0.1, 0.15) is 25.3 Å². The average Bonchev–Trinajstić information content (AvgIpc) is 3.16. The summed E-state index contributed by atoms with van der Waals surface area (Å²) in [6, 6.07) is 47.6. The van der Waals surface area contributed by atoms with Gasteiger partial charge in [0.25, 0.3) is 0 Å². The molecule has 9 rings (SSSR count). The maximum Gasteiger partial charge on any atom is 0.151 e. The molecule has 0 spiro atoms. The van der Waals surface area contributed by atoms with Gasteiger partial charge in [0.05, 0.1) is 34.1 Å². The van der Waals surface area contributed by atoms with E-state index in [1.165, 1.54) is 24.3 Å². The predicted octanol–water partition coefficient (Wildman–Crippen LogP) is 13.6. The monoisotopic (exact) mass is 670 g/mol. The summed E-state index contributed by atoms with van der Waals surface area (Å²) in [5.41, 5.74) is 9.88. The van der Waals surface area contributed by atoms with Crippen LogP contribution in [0.2, 0.25) is 0 Å². The lowest BCUT2D eigenvalue weighted by Gasteiger charge is -2.40. The molecule has 2 aliphatic rings. The maximum absolute atomic E-state index is 14.5. The molecule has 7 aromatic rings. The van der Waals surface area contributed by atoms with Crippen LogP contribution in [0.5, 0.6) is 23.0 Å². The molecule has 0 saturated heterocycles. The van der Waals surface area contributed by atoms with Crippen molar-refractivity contribution in [2.24, 2.45) is 0 Å². The number of hydrogen-bond donors (Lipinski definition) is 0. The summed E-state index contributed by atoms with van der Waals surface area (Å²) in [4.78, 5) is 4.55. The average molecular weight is 671 g/mol. The van der Waals surface area contributed by atoms with Crippen LogP contribution in [0.25, 0.3) is 22.3 Å². The van der Waals surface area contributed by atoms with Crippen molar-refractivity contribution in [1.29, 1.82) is 0 Å². The number of ether oxygens (including phenoxy) is 2. The Labute approximate surface area is 295 Å². The lowest BCUT2D eigenvalue weighted by atomic mass is 9.85. The molecule has 0 saturated carbocycles. The van der Waals surface area contributed by atoms with Crippen molar-refractivity contribution in [1.82, 2.24) is 0 Å². The second-order valence-electron chi connectivity index (χ2n) is 13.0. The van der Waals surface area contributed by atoms with Gasteiger partial charge in [-0.25, -0.2) is 8.78 Å². The normalized spacial score (nSPS) is 12.7. The van der Waals surface area contributed by atoms with Gasteiger partial charge in [-0.05, 0) is 95.9 Å². The fourth-order valence-electron chi connectivity index (χ4n) is 7.30. The first-order valence-electron chi connectivity index (χ1n) is 17.0. The Morgan fingerprint density at radius 2 is 0.745 bits per heavy atom. The molecule has 0 aromatic heterocycles. The minimum Gasteiger partial charge on any atom is -0.453 e. The van der Waals surface area contributed by atoms with Crippen LogP contribution < -0.4 is 19.3 Å². The van der Waals surface area contributed by atoms with E-state index in [0.717, 1.165) is 84.9 Å². The van der Waals surface area contributed by atoms with Gasteiger partial charge in [0.2, 0.25) is 0 Å². The first kappa shape index (κ1) is 30.6. The quantitative estimate of drug-likeness (QED) is 0.182. The van der Waals surface area contributed by atoms with Gasteiger partial charge in [0, 0.05) is 16.7 Å². The highest BCUT2D eigenvalue weighted by Gasteiger charge is 2.36. The smallest absolute Gasteiger partial charge is 0.151 e. The number of halogens is 2. The van der Waals surface area contributed by atoms with Gasteiger partial charge in [-0.3, -0.25) is 0 Å². The van der Waals surface area contributed by atoms with Gasteiger partial charge in [0.15, 0.2) is 23.0 Å². The molecule has 2 aliphatic heterocycles. The zero-order valence-corrected chi connectivity index (χ0v) is 28.0. The first-order valence-corrected chi connectivity index (χ1v) is 17.0. The Bertz CT molecular complexity index is 2180. The largest absolute Gasteiger partial charge is 0.453 e. The van der Waals surface area contributed by atoms with E-state index in [4.69, 9.17) is 9.47 Å². The number of nitrogens with zero attached hydrogens (tertiary/aromatic N) is 2. The van der Waals surface area contributed by atoms with E-state index in [9.17, 15) is 8.78 Å². The van der Waals surface area contributed by atoms with Gasteiger partial charge in [-0.1, -0.05) is 86.6 Å². The highest BCUT2D eigenvalue weighted by molar-refractivity contribution is 6.04. The highest BCUT2D eigenvalue weighted by Crippen LogP contribution is 2.60. The molecule has 0 amide bonds. The molecule has 0 aliphatic carbocycles. The fraction of sp³-hybridized carbons (Fsp3) is 0.0667. The Kier molecular flexibility index (Phi) is 7.32. The first-order chi connectivity index (χ1) is 25.0. The summed E-state index contributed by atoms with van der Waals surface area (Å²) in [6.07, 6.45) is 0. The van der Waals surface area contributed by atoms with Crippen molar-refractivity contribution in [3.63, 3.8) is 0 Å². The minimum absolute atomic E-state index is 0.0427. The number of hydrogen-bond acceptors (Lipinski definition) is 4. The summed E-state index contributed by atoms with van der Waals surface area (Å²) in [6.45, 7) is 4.39. The van der Waals surface area contributed by atoms with Crippen LogP contribution in [0.15, 0.2) is 152 Å². The molecule has 0 N–H and O–H groups in total. The molecule has 0 radical (unpaired) electrons. The van der Waals surface area contributed by atoms with Crippen molar-refractivity contribution in [3.8, 4) is 45.3 Å². The van der Waals surface area contributed by atoms with Crippen LogP contribution >= 0.6 is 0 Å². The van der Waals surface area contributed by atoms with E-state index in [1.54, 1.807) is 0 Å². The van der Waals surface area contributed by atoms with E-state index >= 15 is 0 Å². The van der Waals surface area contributed by atoms with Gasteiger partial charge in [0.1, 0.15) is 11.6 Å². The van der Waals surface area contributed by atoms with Crippen molar-refractivity contribution in [2.45, 2.75) is 19.8 Å². The molecular weight excluding hydrogens is 639 g/mol. The SMILES string of the molecule is CC(C)c1c(N2c3ccccc3Oc3ccccc32)c(-c2ccc(F)cc2)cc(-c2ccc(F)cc2)c1N1c2ccccc2Oc2ccccc21. The maximum atomic E-state index is 14.5. The zero-order chi connectivity index (χ0) is 34.6. The number of anilines is 6. The number of benzene rings is 7. The Morgan fingerprint density at radius 1 is 0.431 bits per heavy atom. The van der Waals surface area contributed by atoms with Crippen LogP contribution in [-0.4, -0.2) is 0 Å². The van der Waals surface area contributed by atoms with E-state index < -0.39 is 0 Å². The van der Waals surface area contributed by atoms with Crippen molar-refractivity contribution < 1.29 is 18.3 Å². The second kappa shape index (κ2) is 12.2. The molecule has 51 heavy (non-hydrogen) atoms. The Balaban J connectivity index is 1.48. The molecule has 2 heterocycles. The predicted molar refractivity (Wildman–Crippen MR) is 201 cm³/mol. The van der Waals surface area contributed by atoms with Crippen molar-refractivity contribution >= 4 is 34.1 Å². The molecule has 7 aromatic carbocycles. The molecule has 248 valence electrons. The summed E-state index contributed by atoms with van der Waals surface area (Å²) in [5.74, 6) is 2.22. The third-order valence-electron chi connectivity index (χ3n) is 9.51. The van der Waals surface area contributed by atoms with Crippen LogP contribution in [-0.2, 0) is 0 Å². The standard InChI is InChI=1S/C45H32F2N2O2/c1-28(2)43-44(48-35-11-3-7-15-39(35)50-40-16-8-4-12-36(40)48)33(29-19-23-31(46)24-20-29)27-34(30-21-25-32(47)26-22-30)45(43)49-37-13-5-9-17-41(37)51-42-18-10-6-14-38(42)49/h3-28H,1-2H3. The van der Waals surface area contributed by atoms with E-state index in [-0.39, 0.29) is 17.6 Å². The van der Waals surface area contributed by atoms with Gasteiger partial charge >= 0.3 is 0 Å². The minimum atomic E-state index is -0.316. The fourth-order valence-corrected chi connectivity index (χ4v) is 7.30. The molecule has 0 unspecified atom stereocenters. The third kappa shape index (κ3) is 5.10. The van der Waals surface area contributed by atoms with E-state index in [1.807, 2.05) is 97.1 Å². The lowest BCUT2D eigenvalue weighted by Crippen LogP contribution is -2.23. The van der Waals surface area contributed by atoms with Crippen LogP contribution in [0.3, 0.4) is 0 Å². The molecule has 0 bridgehead atoms. The summed E-state index contributed by atoms with van der Waals surface area (Å²) < 4.78 is 42.1. The van der Waals surface area contributed by atoms with Gasteiger partial charge in [-0.2, -0.15) is 0 Å². The van der Waals surface area contributed by atoms with Crippen molar-refractivity contribution in [3.05, 3.63) is 169 Å². The molecule has 6 heteroatoms.